The van der Waals surface area contributed by atoms with Crippen LogP contribution in [0.3, 0.4) is 0 Å². The van der Waals surface area contributed by atoms with Crippen LogP contribution in [0.2, 0.25) is 0 Å². The fraction of sp³-hybridized carbons (Fsp3) is 0.190. The van der Waals surface area contributed by atoms with Crippen LogP contribution in [0.1, 0.15) is 23.7 Å². The molecule has 168 valence electrons. The summed E-state index contributed by atoms with van der Waals surface area (Å²) in [7, 11) is -2.06. The van der Waals surface area contributed by atoms with E-state index >= 15 is 0 Å². The summed E-state index contributed by atoms with van der Waals surface area (Å²) >= 11 is 0. The van der Waals surface area contributed by atoms with E-state index in [1.165, 1.54) is 13.2 Å². The van der Waals surface area contributed by atoms with E-state index in [2.05, 4.69) is 25.3 Å². The van der Waals surface area contributed by atoms with E-state index < -0.39 is 15.8 Å². The third kappa shape index (κ3) is 5.70. The number of anilines is 5. The number of Topliss-reactive ketones (excluding diaryl/α,β-unsaturated/α-hetero) is 1. The lowest BCUT2D eigenvalue weighted by Gasteiger charge is -2.14. The zero-order valence-electron chi connectivity index (χ0n) is 17.6. The topological polar surface area (TPSA) is 122 Å². The first kappa shape index (κ1) is 22.9. The number of para-hydroxylation sites is 2. The Morgan fingerprint density at radius 2 is 1.81 bits per heavy atom. The molecule has 2 aromatic carbocycles. The van der Waals surface area contributed by atoms with E-state index in [0.717, 1.165) is 12.5 Å². The standard InChI is InChI=1S/C21H22FN5O4S/c1-4-18(28)13-9-10-19(31-2)17(11-13)25-21-23-12-14(22)20(26-21)24-15-7-5-6-8-16(15)27-32(3,29)30/h5-12,27H,4H2,1-3H3,(H2,23,24,25,26). The highest BCUT2D eigenvalue weighted by molar-refractivity contribution is 7.92. The van der Waals surface area contributed by atoms with Crippen molar-refractivity contribution < 1.29 is 22.3 Å². The van der Waals surface area contributed by atoms with Gasteiger partial charge >= 0.3 is 0 Å². The Morgan fingerprint density at radius 3 is 2.47 bits per heavy atom. The minimum Gasteiger partial charge on any atom is -0.495 e. The Labute approximate surface area is 185 Å². The number of ketones is 1. The molecule has 9 nitrogen and oxygen atoms in total. The number of nitrogens with one attached hydrogen (secondary N) is 3. The maximum atomic E-state index is 14.4. The number of hydrogen-bond donors (Lipinski definition) is 3. The van der Waals surface area contributed by atoms with E-state index in [4.69, 9.17) is 4.74 Å². The average molecular weight is 460 g/mol. The predicted molar refractivity (Wildman–Crippen MR) is 121 cm³/mol. The molecule has 1 aromatic heterocycles. The lowest BCUT2D eigenvalue weighted by atomic mass is 10.1. The van der Waals surface area contributed by atoms with Gasteiger partial charge in [-0.05, 0) is 30.3 Å². The summed E-state index contributed by atoms with van der Waals surface area (Å²) in [6.45, 7) is 1.76. The molecule has 32 heavy (non-hydrogen) atoms. The summed E-state index contributed by atoms with van der Waals surface area (Å²) in [5.41, 5.74) is 1.45. The number of benzene rings is 2. The van der Waals surface area contributed by atoms with E-state index in [1.54, 1.807) is 43.3 Å². The van der Waals surface area contributed by atoms with Crippen LogP contribution in [0.5, 0.6) is 5.75 Å². The van der Waals surface area contributed by atoms with Gasteiger partial charge in [0, 0.05) is 12.0 Å². The van der Waals surface area contributed by atoms with Crippen LogP contribution < -0.4 is 20.1 Å². The number of ether oxygens (including phenoxy) is 1. The van der Waals surface area contributed by atoms with Gasteiger partial charge in [0.15, 0.2) is 17.4 Å². The fourth-order valence-corrected chi connectivity index (χ4v) is 3.40. The lowest BCUT2D eigenvalue weighted by Crippen LogP contribution is -2.11. The molecule has 3 rings (SSSR count). The third-order valence-corrected chi connectivity index (χ3v) is 4.90. The number of nitrogens with zero attached hydrogens (tertiary/aromatic N) is 2. The molecular formula is C21H22FN5O4S. The van der Waals surface area contributed by atoms with Crippen molar-refractivity contribution in [2.75, 3.05) is 28.7 Å². The van der Waals surface area contributed by atoms with Crippen molar-refractivity contribution in [3.63, 3.8) is 0 Å². The number of sulfonamides is 1. The Bertz CT molecular complexity index is 1250. The molecule has 11 heteroatoms. The second-order valence-corrected chi connectivity index (χ2v) is 8.50. The van der Waals surface area contributed by atoms with Gasteiger partial charge in [0.1, 0.15) is 5.75 Å². The van der Waals surface area contributed by atoms with Gasteiger partial charge in [-0.1, -0.05) is 19.1 Å². The van der Waals surface area contributed by atoms with Crippen LogP contribution >= 0.6 is 0 Å². The quantitative estimate of drug-likeness (QED) is 0.409. The molecule has 0 aliphatic heterocycles. The molecule has 0 radical (unpaired) electrons. The van der Waals surface area contributed by atoms with Gasteiger partial charge in [-0.2, -0.15) is 4.98 Å². The summed E-state index contributed by atoms with van der Waals surface area (Å²) in [6, 6.07) is 11.3. The molecule has 0 unspecified atom stereocenters. The molecule has 0 atom stereocenters. The number of methoxy groups -OCH3 is 1. The van der Waals surface area contributed by atoms with E-state index in [0.29, 0.717) is 29.1 Å². The summed E-state index contributed by atoms with van der Waals surface area (Å²) in [5, 5.41) is 5.71. The average Bonchev–Trinajstić information content (AvgIpc) is 2.75. The summed E-state index contributed by atoms with van der Waals surface area (Å²) < 4.78 is 45.3. The highest BCUT2D eigenvalue weighted by atomic mass is 32.2. The molecule has 0 aliphatic rings. The smallest absolute Gasteiger partial charge is 0.229 e. The SMILES string of the molecule is CCC(=O)c1ccc(OC)c(Nc2ncc(F)c(Nc3ccccc3NS(C)(=O)=O)n2)c1. The first-order valence-electron chi connectivity index (χ1n) is 9.54. The molecule has 0 bridgehead atoms. The summed E-state index contributed by atoms with van der Waals surface area (Å²) in [4.78, 5) is 20.1. The van der Waals surface area contributed by atoms with Crippen molar-refractivity contribution >= 4 is 44.6 Å². The van der Waals surface area contributed by atoms with E-state index in [-0.39, 0.29) is 23.2 Å². The maximum absolute atomic E-state index is 14.4. The zero-order chi connectivity index (χ0) is 23.3. The van der Waals surface area contributed by atoms with E-state index in [9.17, 15) is 17.6 Å². The molecule has 3 N–H and O–H groups in total. The Kier molecular flexibility index (Phi) is 6.89. The van der Waals surface area contributed by atoms with Gasteiger partial charge in [-0.3, -0.25) is 9.52 Å². The van der Waals surface area contributed by atoms with Crippen molar-refractivity contribution in [2.24, 2.45) is 0 Å². The highest BCUT2D eigenvalue weighted by Crippen LogP contribution is 2.30. The van der Waals surface area contributed by atoms with Crippen molar-refractivity contribution in [3.8, 4) is 5.75 Å². The van der Waals surface area contributed by atoms with Crippen LogP contribution in [0, 0.1) is 5.82 Å². The van der Waals surface area contributed by atoms with Crippen molar-refractivity contribution in [1.29, 1.82) is 0 Å². The van der Waals surface area contributed by atoms with Gasteiger partial charge < -0.3 is 15.4 Å². The molecule has 0 aliphatic carbocycles. The number of halogens is 1. The van der Waals surface area contributed by atoms with Gasteiger partial charge in [0.2, 0.25) is 16.0 Å². The van der Waals surface area contributed by atoms with Crippen LogP contribution in [-0.4, -0.2) is 37.5 Å². The Hall–Kier alpha value is -3.73. The van der Waals surface area contributed by atoms with Crippen LogP contribution in [0.25, 0.3) is 0 Å². The van der Waals surface area contributed by atoms with Crippen LogP contribution in [0.15, 0.2) is 48.7 Å². The predicted octanol–water partition coefficient (Wildman–Crippen LogP) is 4.08. The number of rotatable bonds is 9. The van der Waals surface area contributed by atoms with Gasteiger partial charge in [0.25, 0.3) is 0 Å². The number of carbonyl (C=O) groups is 1. The molecule has 1 heterocycles. The number of aromatic nitrogens is 2. The van der Waals surface area contributed by atoms with Crippen LogP contribution in [-0.2, 0) is 10.0 Å². The number of hydrogen-bond acceptors (Lipinski definition) is 8. The molecule has 0 amide bonds. The molecular weight excluding hydrogens is 437 g/mol. The minimum atomic E-state index is -3.54. The second-order valence-electron chi connectivity index (χ2n) is 6.75. The van der Waals surface area contributed by atoms with Crippen LogP contribution in [0.4, 0.5) is 33.2 Å². The Balaban J connectivity index is 1.92. The Morgan fingerprint density at radius 1 is 1.09 bits per heavy atom. The monoisotopic (exact) mass is 459 g/mol. The zero-order valence-corrected chi connectivity index (χ0v) is 18.5. The molecule has 0 spiro atoms. The summed E-state index contributed by atoms with van der Waals surface area (Å²) in [6.07, 6.45) is 2.33. The van der Waals surface area contributed by atoms with Crippen molar-refractivity contribution in [3.05, 3.63) is 60.0 Å². The molecule has 0 fully saturated rings. The van der Waals surface area contributed by atoms with Gasteiger partial charge in [-0.25, -0.2) is 17.8 Å². The summed E-state index contributed by atoms with van der Waals surface area (Å²) in [5.74, 6) is -0.478. The highest BCUT2D eigenvalue weighted by Gasteiger charge is 2.14. The normalized spacial score (nSPS) is 11.0. The minimum absolute atomic E-state index is 0.0434. The lowest BCUT2D eigenvalue weighted by molar-refractivity contribution is 0.0988. The first-order valence-corrected chi connectivity index (χ1v) is 11.4. The maximum Gasteiger partial charge on any atom is 0.229 e. The molecule has 0 saturated carbocycles. The molecule has 3 aromatic rings. The number of carbonyl (C=O) groups excluding carboxylic acids is 1. The van der Waals surface area contributed by atoms with Crippen molar-refractivity contribution in [1.82, 2.24) is 9.97 Å². The first-order chi connectivity index (χ1) is 15.2. The fourth-order valence-electron chi connectivity index (χ4n) is 2.83. The van der Waals surface area contributed by atoms with Gasteiger partial charge in [-0.15, -0.1) is 0 Å². The second kappa shape index (κ2) is 9.60. The largest absolute Gasteiger partial charge is 0.495 e. The third-order valence-electron chi connectivity index (χ3n) is 4.31. The van der Waals surface area contributed by atoms with Crippen molar-refractivity contribution in [2.45, 2.75) is 13.3 Å². The molecule has 0 saturated heterocycles. The van der Waals surface area contributed by atoms with Gasteiger partial charge in [0.05, 0.1) is 36.6 Å². The van der Waals surface area contributed by atoms with E-state index in [1.807, 2.05) is 0 Å².